The van der Waals surface area contributed by atoms with E-state index in [2.05, 4.69) is 0 Å². The molecular weight excluding hydrogens is 733 g/mol. The monoisotopic (exact) mass is 770 g/mol. The van der Waals surface area contributed by atoms with Gasteiger partial charge in [0.05, 0.1) is 37.1 Å². The van der Waals surface area contributed by atoms with Gasteiger partial charge in [-0.15, -0.1) is 118 Å². The van der Waals surface area contributed by atoms with Crippen LogP contribution in [0.3, 0.4) is 0 Å². The van der Waals surface area contributed by atoms with Crippen LogP contribution in [0.5, 0.6) is 0 Å². The molecular formula is C21H38O10S10. The van der Waals surface area contributed by atoms with Crippen LogP contribution >= 0.6 is 118 Å². The first-order valence-corrected chi connectivity index (χ1v) is 23.3. The van der Waals surface area contributed by atoms with Crippen LogP contribution in [0.25, 0.3) is 0 Å². The van der Waals surface area contributed by atoms with Crippen LogP contribution in [-0.2, 0) is 38.4 Å². The minimum absolute atomic E-state index is 0.149. The van der Waals surface area contributed by atoms with Gasteiger partial charge in [-0.25, -0.2) is 9.78 Å². The number of aliphatic hydroxyl groups excluding tert-OH is 2. The fourth-order valence-corrected chi connectivity index (χ4v) is 9.61. The molecule has 0 fully saturated rings. The number of rotatable bonds is 32. The molecule has 0 aliphatic heterocycles. The lowest BCUT2D eigenvalue weighted by Crippen LogP contribution is -2.09. The second kappa shape index (κ2) is 36.2. The molecule has 0 radical (unpaired) electrons. The fraction of sp³-hybridized carbons (Fsp3) is 0.857. The Balaban J connectivity index is 3.28. The zero-order chi connectivity index (χ0) is 30.1. The van der Waals surface area contributed by atoms with E-state index in [1.54, 1.807) is 35.3 Å². The van der Waals surface area contributed by atoms with Crippen LogP contribution < -0.4 is 0 Å². The summed E-state index contributed by atoms with van der Waals surface area (Å²) >= 11 is 15.1. The average molecular weight is 771 g/mol. The van der Waals surface area contributed by atoms with Gasteiger partial charge < -0.3 is 24.4 Å². The number of carbonyl (C=O) groups is 3. The summed E-state index contributed by atoms with van der Waals surface area (Å²) in [5.41, 5.74) is 0. The van der Waals surface area contributed by atoms with Gasteiger partial charge in [-0.2, -0.15) is 0 Å². The highest BCUT2D eigenvalue weighted by molar-refractivity contribution is 8.17. The molecule has 0 saturated carbocycles. The normalized spacial score (nSPS) is 11.0. The van der Waals surface area contributed by atoms with Crippen molar-refractivity contribution in [2.45, 2.75) is 0 Å². The molecule has 242 valence electrons. The Morgan fingerprint density at radius 3 is 1.27 bits per heavy atom. The third-order valence-corrected chi connectivity index (χ3v) is 13.9. The Labute approximate surface area is 285 Å². The minimum atomic E-state index is -0.289. The molecule has 0 rings (SSSR count). The maximum atomic E-state index is 11.7. The molecule has 0 spiro atoms. The number of hydrogen-bond acceptors (Lipinski definition) is 20. The molecule has 0 aromatic heterocycles. The van der Waals surface area contributed by atoms with Crippen LogP contribution in [0.1, 0.15) is 0 Å². The summed E-state index contributed by atoms with van der Waals surface area (Å²) in [7, 11) is 0. The van der Waals surface area contributed by atoms with Gasteiger partial charge in [-0.05, 0) is 0 Å². The van der Waals surface area contributed by atoms with Gasteiger partial charge in [0.2, 0.25) is 0 Å². The molecule has 0 saturated heterocycles. The van der Waals surface area contributed by atoms with E-state index < -0.39 is 0 Å². The van der Waals surface area contributed by atoms with E-state index in [4.69, 9.17) is 34.2 Å². The number of carbonyl (C=O) groups excluding carboxylic acids is 3. The highest BCUT2D eigenvalue weighted by Crippen LogP contribution is 2.17. The molecule has 0 aromatic rings. The molecule has 0 atom stereocenters. The minimum Gasteiger partial charge on any atom is -0.454 e. The van der Waals surface area contributed by atoms with Crippen LogP contribution in [-0.4, -0.2) is 132 Å². The van der Waals surface area contributed by atoms with Crippen molar-refractivity contribution in [3.63, 3.8) is 0 Å². The maximum absolute atomic E-state index is 11.7. The Kier molecular flexibility index (Phi) is 37.8. The number of ether oxygens (including phenoxy) is 3. The van der Waals surface area contributed by atoms with Crippen molar-refractivity contribution in [3.8, 4) is 0 Å². The highest BCUT2D eigenvalue weighted by atomic mass is 32.2. The molecule has 20 heteroatoms. The summed E-state index contributed by atoms with van der Waals surface area (Å²) in [6, 6.07) is 0. The second-order valence-electron chi connectivity index (χ2n) is 6.58. The predicted molar refractivity (Wildman–Crippen MR) is 188 cm³/mol. The van der Waals surface area contributed by atoms with Crippen molar-refractivity contribution in [1.29, 1.82) is 0 Å². The van der Waals surface area contributed by atoms with Crippen molar-refractivity contribution in [1.82, 2.24) is 0 Å². The van der Waals surface area contributed by atoms with Crippen LogP contribution in [0, 0.1) is 0 Å². The molecule has 0 bridgehead atoms. The molecule has 0 aliphatic carbocycles. The van der Waals surface area contributed by atoms with E-state index in [1.165, 1.54) is 82.3 Å². The van der Waals surface area contributed by atoms with Gasteiger partial charge in [0.25, 0.3) is 0 Å². The lowest BCUT2D eigenvalue weighted by molar-refractivity contribution is -0.274. The number of aliphatic hydroxyl groups is 2. The van der Waals surface area contributed by atoms with E-state index in [-0.39, 0.29) is 48.6 Å². The second-order valence-corrected chi connectivity index (χ2v) is 18.4. The molecule has 0 aromatic carbocycles. The number of hydrogen-bond donors (Lipinski definition) is 2. The summed E-state index contributed by atoms with van der Waals surface area (Å²) < 4.78 is 15.4. The Hall–Kier alpha value is 1.75. The Morgan fingerprint density at radius 1 is 0.439 bits per heavy atom. The molecule has 0 aliphatic rings. The maximum Gasteiger partial charge on any atom is 0.316 e. The van der Waals surface area contributed by atoms with E-state index in [9.17, 15) is 14.4 Å². The van der Waals surface area contributed by atoms with Crippen molar-refractivity contribution in [2.24, 2.45) is 0 Å². The Bertz CT molecular complexity index is 628. The number of thioether (sulfide) groups is 10. The first-order valence-electron chi connectivity index (χ1n) is 11.8. The largest absolute Gasteiger partial charge is 0.454 e. The zero-order valence-corrected chi connectivity index (χ0v) is 30.6. The molecule has 2 N–H and O–H groups in total. The van der Waals surface area contributed by atoms with Crippen molar-refractivity contribution in [2.75, 3.05) is 104 Å². The standard InChI is InChI=1S/C21H38O10S10/c22-1-4-32-15-38-10-27-19(24)7-35-14-34-6-3-30-31-13-41-18-40-12-29-21(26)9-37-17-36-8-20(25)28-11-39-16-33-5-2-23/h22-23H,1-18H2. The third kappa shape index (κ3) is 36.1. The molecule has 10 nitrogen and oxygen atoms in total. The Morgan fingerprint density at radius 2 is 0.805 bits per heavy atom. The summed E-state index contributed by atoms with van der Waals surface area (Å²) in [6.45, 7) is 0.760. The summed E-state index contributed by atoms with van der Waals surface area (Å²) in [5.74, 6) is 3.43. The van der Waals surface area contributed by atoms with E-state index in [0.29, 0.717) is 51.9 Å². The number of esters is 3. The fourth-order valence-electron chi connectivity index (χ4n) is 1.78. The quantitative estimate of drug-likeness (QED) is 0.0248. The van der Waals surface area contributed by atoms with Crippen LogP contribution in [0.15, 0.2) is 0 Å². The topological polar surface area (TPSA) is 138 Å². The zero-order valence-electron chi connectivity index (χ0n) is 22.5. The predicted octanol–water partition coefficient (Wildman–Crippen LogP) is 4.50. The average Bonchev–Trinajstić information content (AvgIpc) is 2.96. The molecule has 0 amide bonds. The van der Waals surface area contributed by atoms with Crippen LogP contribution in [0.4, 0.5) is 0 Å². The molecule has 0 unspecified atom stereocenters. The van der Waals surface area contributed by atoms with E-state index >= 15 is 0 Å². The van der Waals surface area contributed by atoms with Gasteiger partial charge in [-0.3, -0.25) is 14.4 Å². The van der Waals surface area contributed by atoms with Crippen LogP contribution in [0.2, 0.25) is 0 Å². The van der Waals surface area contributed by atoms with Gasteiger partial charge in [0.1, 0.15) is 23.8 Å². The van der Waals surface area contributed by atoms with Crippen molar-refractivity contribution >= 4 is 136 Å². The van der Waals surface area contributed by atoms with Gasteiger partial charge in [0.15, 0.2) is 0 Å². The summed E-state index contributed by atoms with van der Waals surface area (Å²) in [5, 5.41) is 21.0. The van der Waals surface area contributed by atoms with Crippen molar-refractivity contribution in [3.05, 3.63) is 0 Å². The van der Waals surface area contributed by atoms with Gasteiger partial charge in [0, 0.05) is 42.7 Å². The summed E-state index contributed by atoms with van der Waals surface area (Å²) in [6.07, 6.45) is 0. The first-order chi connectivity index (χ1) is 20.1. The van der Waals surface area contributed by atoms with Crippen molar-refractivity contribution < 1.29 is 48.6 Å². The lowest BCUT2D eigenvalue weighted by Gasteiger charge is -2.06. The first kappa shape index (κ1) is 42.8. The summed E-state index contributed by atoms with van der Waals surface area (Å²) in [4.78, 5) is 45.2. The van der Waals surface area contributed by atoms with Gasteiger partial charge in [-0.1, -0.05) is 0 Å². The molecule has 41 heavy (non-hydrogen) atoms. The SMILES string of the molecule is O=C(CSCSCCOOCSCSCOC(=O)CSCSCC(=O)OCSCSCCO)OCSCSCCO. The lowest BCUT2D eigenvalue weighted by atomic mass is 10.8. The van der Waals surface area contributed by atoms with Gasteiger partial charge >= 0.3 is 17.9 Å². The smallest absolute Gasteiger partial charge is 0.316 e. The highest BCUT2D eigenvalue weighted by Gasteiger charge is 2.07. The van der Waals surface area contributed by atoms with E-state index in [0.717, 1.165) is 21.0 Å². The van der Waals surface area contributed by atoms with E-state index in [1.807, 2.05) is 0 Å². The third-order valence-electron chi connectivity index (χ3n) is 3.40. The molecule has 0 heterocycles.